The van der Waals surface area contributed by atoms with Crippen molar-refractivity contribution in [1.82, 2.24) is 10.2 Å². The third-order valence-electron chi connectivity index (χ3n) is 3.64. The molecule has 4 nitrogen and oxygen atoms in total. The standard InChI is InChI=1S/C16H21BrN2O2/c1-12-9-13(11-14(17)10-12)16(21)18-6-5-15(20)19-7-3-2-4-8-19/h9-11H,2-8H2,1H3,(H,18,21). The highest BCUT2D eigenvalue weighted by molar-refractivity contribution is 9.10. The summed E-state index contributed by atoms with van der Waals surface area (Å²) in [6, 6.07) is 5.58. The van der Waals surface area contributed by atoms with Gasteiger partial charge in [0.05, 0.1) is 0 Å². The molecule has 114 valence electrons. The number of benzene rings is 1. The second-order valence-electron chi connectivity index (χ2n) is 5.46. The number of carbonyl (C=O) groups excluding carboxylic acids is 2. The fourth-order valence-electron chi connectivity index (χ4n) is 2.55. The van der Waals surface area contributed by atoms with Crippen LogP contribution in [0, 0.1) is 6.92 Å². The van der Waals surface area contributed by atoms with E-state index in [1.165, 1.54) is 6.42 Å². The van der Waals surface area contributed by atoms with E-state index in [9.17, 15) is 9.59 Å². The lowest BCUT2D eigenvalue weighted by Gasteiger charge is -2.26. The van der Waals surface area contributed by atoms with Crippen LogP contribution in [0.2, 0.25) is 0 Å². The van der Waals surface area contributed by atoms with Gasteiger partial charge in [0.1, 0.15) is 0 Å². The zero-order chi connectivity index (χ0) is 15.2. The van der Waals surface area contributed by atoms with E-state index in [1.807, 2.05) is 24.0 Å². The summed E-state index contributed by atoms with van der Waals surface area (Å²) in [5.74, 6) is 0.00580. The lowest BCUT2D eigenvalue weighted by Crippen LogP contribution is -2.37. The summed E-state index contributed by atoms with van der Waals surface area (Å²) in [4.78, 5) is 25.9. The van der Waals surface area contributed by atoms with Crippen LogP contribution in [0.15, 0.2) is 22.7 Å². The summed E-state index contributed by atoms with van der Waals surface area (Å²) in [5, 5.41) is 2.82. The van der Waals surface area contributed by atoms with Gasteiger partial charge in [-0.1, -0.05) is 15.9 Å². The maximum atomic E-state index is 12.1. The molecule has 0 saturated carbocycles. The fourth-order valence-corrected chi connectivity index (χ4v) is 3.16. The minimum atomic E-state index is -0.133. The average Bonchev–Trinajstić information content (AvgIpc) is 2.47. The van der Waals surface area contributed by atoms with Gasteiger partial charge in [-0.05, 0) is 49.9 Å². The van der Waals surface area contributed by atoms with Crippen molar-refractivity contribution in [1.29, 1.82) is 0 Å². The number of nitrogens with zero attached hydrogens (tertiary/aromatic N) is 1. The first kappa shape index (κ1) is 16.0. The van der Waals surface area contributed by atoms with Gasteiger partial charge in [0.25, 0.3) is 5.91 Å². The maximum Gasteiger partial charge on any atom is 0.251 e. The molecule has 0 radical (unpaired) electrons. The number of rotatable bonds is 4. The molecule has 0 aliphatic carbocycles. The predicted octanol–water partition coefficient (Wildman–Crippen LogP) is 2.89. The van der Waals surface area contributed by atoms with Gasteiger partial charge in [-0.3, -0.25) is 9.59 Å². The molecule has 1 aliphatic heterocycles. The average molecular weight is 353 g/mol. The molecule has 1 fully saturated rings. The Kier molecular flexibility index (Phi) is 5.79. The molecular formula is C16H21BrN2O2. The highest BCUT2D eigenvalue weighted by Gasteiger charge is 2.16. The Labute approximate surface area is 134 Å². The van der Waals surface area contributed by atoms with Crippen molar-refractivity contribution in [3.8, 4) is 0 Å². The van der Waals surface area contributed by atoms with Gasteiger partial charge in [-0.15, -0.1) is 0 Å². The number of hydrogen-bond donors (Lipinski definition) is 1. The predicted molar refractivity (Wildman–Crippen MR) is 86.3 cm³/mol. The molecule has 21 heavy (non-hydrogen) atoms. The van der Waals surface area contributed by atoms with Crippen LogP contribution in [0.1, 0.15) is 41.6 Å². The molecule has 1 N–H and O–H groups in total. The van der Waals surface area contributed by atoms with Gasteiger partial charge in [-0.2, -0.15) is 0 Å². The lowest BCUT2D eigenvalue weighted by molar-refractivity contribution is -0.131. The van der Waals surface area contributed by atoms with Crippen LogP contribution < -0.4 is 5.32 Å². The van der Waals surface area contributed by atoms with Crippen LogP contribution in [0.25, 0.3) is 0 Å². The van der Waals surface area contributed by atoms with Crippen molar-refractivity contribution in [3.63, 3.8) is 0 Å². The molecule has 1 aromatic rings. The van der Waals surface area contributed by atoms with Crippen molar-refractivity contribution in [3.05, 3.63) is 33.8 Å². The Morgan fingerprint density at radius 1 is 1.19 bits per heavy atom. The van der Waals surface area contributed by atoms with E-state index in [2.05, 4.69) is 21.2 Å². The van der Waals surface area contributed by atoms with Crippen molar-refractivity contribution < 1.29 is 9.59 Å². The maximum absolute atomic E-state index is 12.1. The summed E-state index contributed by atoms with van der Waals surface area (Å²) in [5.41, 5.74) is 1.64. The first-order chi connectivity index (χ1) is 10.1. The third kappa shape index (κ3) is 4.84. The van der Waals surface area contributed by atoms with Crippen LogP contribution in [0.3, 0.4) is 0 Å². The second-order valence-corrected chi connectivity index (χ2v) is 6.38. The van der Waals surface area contributed by atoms with Crippen LogP contribution in [0.4, 0.5) is 0 Å². The summed E-state index contributed by atoms with van der Waals surface area (Å²) in [7, 11) is 0. The van der Waals surface area contributed by atoms with E-state index in [0.717, 1.165) is 36.0 Å². The molecule has 0 spiro atoms. The Hall–Kier alpha value is -1.36. The summed E-state index contributed by atoms with van der Waals surface area (Å²) >= 11 is 3.38. The van der Waals surface area contributed by atoms with Crippen molar-refractivity contribution in [2.24, 2.45) is 0 Å². The quantitative estimate of drug-likeness (QED) is 0.905. The van der Waals surface area contributed by atoms with E-state index < -0.39 is 0 Å². The van der Waals surface area contributed by atoms with Gasteiger partial charge in [-0.25, -0.2) is 0 Å². The number of halogens is 1. The minimum Gasteiger partial charge on any atom is -0.352 e. The molecule has 0 unspecified atom stereocenters. The third-order valence-corrected chi connectivity index (χ3v) is 4.10. The zero-order valence-electron chi connectivity index (χ0n) is 12.3. The number of hydrogen-bond acceptors (Lipinski definition) is 2. The van der Waals surface area contributed by atoms with E-state index in [0.29, 0.717) is 18.5 Å². The van der Waals surface area contributed by atoms with E-state index in [-0.39, 0.29) is 11.8 Å². The number of likely N-dealkylation sites (tertiary alicyclic amines) is 1. The van der Waals surface area contributed by atoms with Crippen LogP contribution >= 0.6 is 15.9 Å². The molecule has 2 amide bonds. The second kappa shape index (κ2) is 7.59. The van der Waals surface area contributed by atoms with Gasteiger partial charge in [0.15, 0.2) is 0 Å². The molecule has 5 heteroatoms. The topological polar surface area (TPSA) is 49.4 Å². The number of piperidine rings is 1. The SMILES string of the molecule is Cc1cc(Br)cc(C(=O)NCCC(=O)N2CCCCC2)c1. The number of amides is 2. The Bertz CT molecular complexity index is 505. The van der Waals surface area contributed by atoms with Crippen LogP contribution in [-0.2, 0) is 4.79 Å². The molecular weight excluding hydrogens is 332 g/mol. The van der Waals surface area contributed by atoms with E-state index >= 15 is 0 Å². The first-order valence-corrected chi connectivity index (χ1v) is 8.19. The minimum absolute atomic E-state index is 0.133. The smallest absolute Gasteiger partial charge is 0.251 e. The molecule has 0 aromatic heterocycles. The van der Waals surface area contributed by atoms with Gasteiger partial charge >= 0.3 is 0 Å². The summed E-state index contributed by atoms with van der Waals surface area (Å²) in [6.07, 6.45) is 3.77. The molecule has 1 saturated heterocycles. The van der Waals surface area contributed by atoms with Crippen molar-refractivity contribution >= 4 is 27.7 Å². The van der Waals surface area contributed by atoms with Crippen molar-refractivity contribution in [2.45, 2.75) is 32.6 Å². The number of nitrogens with one attached hydrogen (secondary N) is 1. The molecule has 2 rings (SSSR count). The number of aryl methyl sites for hydroxylation is 1. The first-order valence-electron chi connectivity index (χ1n) is 7.39. The normalized spacial score (nSPS) is 14.9. The summed E-state index contributed by atoms with van der Waals surface area (Å²) in [6.45, 7) is 4.05. The largest absolute Gasteiger partial charge is 0.352 e. The highest BCUT2D eigenvalue weighted by atomic mass is 79.9. The fraction of sp³-hybridized carbons (Fsp3) is 0.500. The zero-order valence-corrected chi connectivity index (χ0v) is 13.9. The molecule has 1 heterocycles. The molecule has 1 aliphatic rings. The van der Waals surface area contributed by atoms with Gasteiger partial charge in [0.2, 0.25) is 5.91 Å². The molecule has 1 aromatic carbocycles. The van der Waals surface area contributed by atoms with E-state index in [4.69, 9.17) is 0 Å². The molecule has 0 bridgehead atoms. The lowest BCUT2D eigenvalue weighted by atomic mass is 10.1. The van der Waals surface area contributed by atoms with Crippen LogP contribution in [0.5, 0.6) is 0 Å². The van der Waals surface area contributed by atoms with E-state index in [1.54, 1.807) is 6.07 Å². The molecule has 0 atom stereocenters. The monoisotopic (exact) mass is 352 g/mol. The highest BCUT2D eigenvalue weighted by Crippen LogP contribution is 2.15. The van der Waals surface area contributed by atoms with Crippen molar-refractivity contribution in [2.75, 3.05) is 19.6 Å². The Morgan fingerprint density at radius 3 is 2.57 bits per heavy atom. The van der Waals surface area contributed by atoms with Gasteiger partial charge in [0, 0.05) is 36.1 Å². The Balaban J connectivity index is 1.79. The number of carbonyl (C=O) groups is 2. The summed E-state index contributed by atoms with van der Waals surface area (Å²) < 4.78 is 0.886. The van der Waals surface area contributed by atoms with Crippen LogP contribution in [-0.4, -0.2) is 36.3 Å². The Morgan fingerprint density at radius 2 is 1.90 bits per heavy atom. The van der Waals surface area contributed by atoms with Gasteiger partial charge < -0.3 is 10.2 Å².